The fraction of sp³-hybridized carbons (Fsp3) is 0.500. The Labute approximate surface area is 119 Å². The molecule has 0 aliphatic carbocycles. The lowest BCUT2D eigenvalue weighted by atomic mass is 10.1. The van der Waals surface area contributed by atoms with Gasteiger partial charge in [-0.15, -0.1) is 0 Å². The van der Waals surface area contributed by atoms with Crippen molar-refractivity contribution in [1.82, 2.24) is 9.55 Å². The number of rotatable bonds is 6. The number of fused-ring (bicyclic) bond motifs is 1. The Kier molecular flexibility index (Phi) is 4.42. The van der Waals surface area contributed by atoms with E-state index in [0.717, 1.165) is 41.8 Å². The molecule has 108 valence electrons. The van der Waals surface area contributed by atoms with Crippen molar-refractivity contribution in [1.29, 1.82) is 0 Å². The van der Waals surface area contributed by atoms with Crippen LogP contribution in [0.1, 0.15) is 38.6 Å². The number of carboxylic acids is 1. The van der Waals surface area contributed by atoms with Gasteiger partial charge in [0.25, 0.3) is 0 Å². The van der Waals surface area contributed by atoms with Crippen LogP contribution in [-0.4, -0.2) is 20.6 Å². The molecule has 1 aromatic heterocycles. The monoisotopic (exact) mass is 274 g/mol. The largest absolute Gasteiger partial charge is 0.481 e. The number of carbonyl (C=O) groups is 1. The first-order chi connectivity index (χ1) is 9.51. The number of nitrogens with zero attached hydrogens (tertiary/aromatic N) is 2. The van der Waals surface area contributed by atoms with E-state index < -0.39 is 5.97 Å². The van der Waals surface area contributed by atoms with Gasteiger partial charge >= 0.3 is 5.97 Å². The molecule has 0 fully saturated rings. The van der Waals surface area contributed by atoms with Crippen molar-refractivity contribution >= 4 is 17.0 Å². The van der Waals surface area contributed by atoms with Gasteiger partial charge in [0, 0.05) is 13.0 Å². The van der Waals surface area contributed by atoms with E-state index in [1.165, 1.54) is 0 Å². The third-order valence-corrected chi connectivity index (χ3v) is 3.27. The van der Waals surface area contributed by atoms with Crippen molar-refractivity contribution in [2.24, 2.45) is 5.92 Å². The van der Waals surface area contributed by atoms with Crippen molar-refractivity contribution < 1.29 is 9.90 Å². The Morgan fingerprint density at radius 3 is 2.75 bits per heavy atom. The van der Waals surface area contributed by atoms with Crippen LogP contribution >= 0.6 is 0 Å². The minimum absolute atomic E-state index is 0.0517. The number of hydrogen-bond donors (Lipinski definition) is 1. The van der Waals surface area contributed by atoms with Crippen LogP contribution in [0.4, 0.5) is 0 Å². The SMILES string of the molecule is CCCc1nc2cc(CC(=O)O)ccc2n1CC(C)C. The molecule has 0 amide bonds. The molecule has 1 aromatic carbocycles. The van der Waals surface area contributed by atoms with Crippen molar-refractivity contribution in [3.63, 3.8) is 0 Å². The second kappa shape index (κ2) is 6.07. The average molecular weight is 274 g/mol. The molecular weight excluding hydrogens is 252 g/mol. The van der Waals surface area contributed by atoms with Crippen LogP contribution in [0.5, 0.6) is 0 Å². The summed E-state index contributed by atoms with van der Waals surface area (Å²) < 4.78 is 2.27. The minimum atomic E-state index is -0.806. The van der Waals surface area contributed by atoms with Crippen LogP contribution in [0.25, 0.3) is 11.0 Å². The number of carboxylic acid groups (broad SMARTS) is 1. The Morgan fingerprint density at radius 1 is 1.40 bits per heavy atom. The third-order valence-electron chi connectivity index (χ3n) is 3.27. The normalized spacial score (nSPS) is 11.4. The highest BCUT2D eigenvalue weighted by Crippen LogP contribution is 2.21. The van der Waals surface area contributed by atoms with E-state index in [2.05, 4.69) is 25.3 Å². The van der Waals surface area contributed by atoms with Crippen LogP contribution in [-0.2, 0) is 24.2 Å². The molecule has 0 saturated heterocycles. The summed E-state index contributed by atoms with van der Waals surface area (Å²) in [5, 5.41) is 8.88. The molecular formula is C16H22N2O2. The van der Waals surface area contributed by atoms with Crippen molar-refractivity contribution in [3.8, 4) is 0 Å². The first kappa shape index (κ1) is 14.6. The van der Waals surface area contributed by atoms with Crippen LogP contribution < -0.4 is 0 Å². The van der Waals surface area contributed by atoms with E-state index in [9.17, 15) is 4.79 Å². The fourth-order valence-corrected chi connectivity index (χ4v) is 2.49. The molecule has 0 unspecified atom stereocenters. The molecule has 20 heavy (non-hydrogen) atoms. The summed E-state index contributed by atoms with van der Waals surface area (Å²) in [5.74, 6) is 0.852. The highest BCUT2D eigenvalue weighted by Gasteiger charge is 2.12. The summed E-state index contributed by atoms with van der Waals surface area (Å²) in [7, 11) is 0. The van der Waals surface area contributed by atoms with Crippen LogP contribution in [0.15, 0.2) is 18.2 Å². The maximum Gasteiger partial charge on any atom is 0.307 e. The molecule has 1 heterocycles. The predicted octanol–water partition coefficient (Wildman–Crippen LogP) is 3.27. The van der Waals surface area contributed by atoms with E-state index in [4.69, 9.17) is 10.1 Å². The summed E-state index contributed by atoms with van der Waals surface area (Å²) in [5.41, 5.74) is 2.83. The second-order valence-electron chi connectivity index (χ2n) is 5.68. The smallest absolute Gasteiger partial charge is 0.307 e. The van der Waals surface area contributed by atoms with Gasteiger partial charge in [-0.25, -0.2) is 4.98 Å². The summed E-state index contributed by atoms with van der Waals surface area (Å²) in [4.78, 5) is 15.5. The van der Waals surface area contributed by atoms with Gasteiger partial charge < -0.3 is 9.67 Å². The zero-order valence-corrected chi connectivity index (χ0v) is 12.4. The summed E-state index contributed by atoms with van der Waals surface area (Å²) in [6.07, 6.45) is 2.06. The number of imidazole rings is 1. The summed E-state index contributed by atoms with van der Waals surface area (Å²) in [6, 6.07) is 5.80. The van der Waals surface area contributed by atoms with Gasteiger partial charge in [0.15, 0.2) is 0 Å². The van der Waals surface area contributed by atoms with Gasteiger partial charge in [-0.3, -0.25) is 4.79 Å². The molecule has 4 heteroatoms. The van der Waals surface area contributed by atoms with E-state index in [1.54, 1.807) is 0 Å². The maximum absolute atomic E-state index is 10.8. The standard InChI is InChI=1S/C16H22N2O2/c1-4-5-15-17-13-8-12(9-16(19)20)6-7-14(13)18(15)10-11(2)3/h6-8,11H,4-5,9-10H2,1-3H3,(H,19,20). The summed E-state index contributed by atoms with van der Waals surface area (Å²) >= 11 is 0. The molecule has 0 aliphatic heterocycles. The Balaban J connectivity index is 2.46. The number of aliphatic carboxylic acids is 1. The first-order valence-corrected chi connectivity index (χ1v) is 7.21. The molecule has 0 saturated carbocycles. The van der Waals surface area contributed by atoms with Gasteiger partial charge in [-0.2, -0.15) is 0 Å². The Bertz CT molecular complexity index is 614. The molecule has 4 nitrogen and oxygen atoms in total. The number of benzene rings is 1. The fourth-order valence-electron chi connectivity index (χ4n) is 2.49. The van der Waals surface area contributed by atoms with Gasteiger partial charge in [0.1, 0.15) is 5.82 Å². The molecule has 0 spiro atoms. The van der Waals surface area contributed by atoms with E-state index >= 15 is 0 Å². The van der Waals surface area contributed by atoms with Gasteiger partial charge in [0.2, 0.25) is 0 Å². The Hall–Kier alpha value is -1.84. The zero-order valence-electron chi connectivity index (χ0n) is 12.4. The molecule has 1 N–H and O–H groups in total. The van der Waals surface area contributed by atoms with Gasteiger partial charge in [-0.1, -0.05) is 26.8 Å². The van der Waals surface area contributed by atoms with Crippen molar-refractivity contribution in [3.05, 3.63) is 29.6 Å². The molecule has 0 aliphatic rings. The number of aromatic nitrogens is 2. The molecule has 0 radical (unpaired) electrons. The van der Waals surface area contributed by atoms with Crippen molar-refractivity contribution in [2.45, 2.75) is 46.6 Å². The lowest BCUT2D eigenvalue weighted by Crippen LogP contribution is -2.08. The summed E-state index contributed by atoms with van der Waals surface area (Å²) in [6.45, 7) is 7.49. The molecule has 0 bridgehead atoms. The van der Waals surface area contributed by atoms with Crippen LogP contribution in [0.2, 0.25) is 0 Å². The van der Waals surface area contributed by atoms with E-state index in [-0.39, 0.29) is 6.42 Å². The van der Waals surface area contributed by atoms with Gasteiger partial charge in [0.05, 0.1) is 17.5 Å². The first-order valence-electron chi connectivity index (χ1n) is 7.21. The molecule has 0 atom stereocenters. The highest BCUT2D eigenvalue weighted by atomic mass is 16.4. The average Bonchev–Trinajstić information content (AvgIpc) is 2.66. The third kappa shape index (κ3) is 3.18. The topological polar surface area (TPSA) is 55.1 Å². The lowest BCUT2D eigenvalue weighted by Gasteiger charge is -2.11. The van der Waals surface area contributed by atoms with Crippen molar-refractivity contribution in [2.75, 3.05) is 0 Å². The predicted molar refractivity (Wildman–Crippen MR) is 79.9 cm³/mol. The maximum atomic E-state index is 10.8. The zero-order chi connectivity index (χ0) is 14.7. The second-order valence-corrected chi connectivity index (χ2v) is 5.68. The number of hydrogen-bond acceptors (Lipinski definition) is 2. The van der Waals surface area contributed by atoms with Gasteiger partial charge in [-0.05, 0) is 30.0 Å². The quantitative estimate of drug-likeness (QED) is 0.879. The molecule has 2 rings (SSSR count). The van der Waals surface area contributed by atoms with Crippen LogP contribution in [0.3, 0.4) is 0 Å². The minimum Gasteiger partial charge on any atom is -0.481 e. The molecule has 2 aromatic rings. The van der Waals surface area contributed by atoms with E-state index in [0.29, 0.717) is 5.92 Å². The highest BCUT2D eigenvalue weighted by molar-refractivity contribution is 5.79. The van der Waals surface area contributed by atoms with E-state index in [1.807, 2.05) is 18.2 Å². The van der Waals surface area contributed by atoms with Crippen LogP contribution in [0, 0.1) is 5.92 Å². The Morgan fingerprint density at radius 2 is 2.15 bits per heavy atom. The number of aryl methyl sites for hydroxylation is 1. The lowest BCUT2D eigenvalue weighted by molar-refractivity contribution is -0.136.